The molecule has 3 heteroatoms. The van der Waals surface area contributed by atoms with Crippen LogP contribution in [0.25, 0.3) is 0 Å². The van der Waals surface area contributed by atoms with Gasteiger partial charge in [0.05, 0.1) is 5.69 Å². The Morgan fingerprint density at radius 2 is 2.36 bits per heavy atom. The predicted octanol–water partition coefficient (Wildman–Crippen LogP) is 0.603. The standard InChI is InChI=1S/C8H10N2O/c11-8-2-1-3-9-7(8)6-10-4-5-10/h1-3,11H,4-6H2. The minimum atomic E-state index is 0.305. The molecule has 1 N–H and O–H groups in total. The molecule has 0 radical (unpaired) electrons. The molecule has 0 amide bonds. The highest BCUT2D eigenvalue weighted by Crippen LogP contribution is 2.17. The van der Waals surface area contributed by atoms with Crippen molar-refractivity contribution in [3.63, 3.8) is 0 Å². The molecule has 2 rings (SSSR count). The summed E-state index contributed by atoms with van der Waals surface area (Å²) in [7, 11) is 0. The fourth-order valence-electron chi connectivity index (χ4n) is 0.992. The van der Waals surface area contributed by atoms with Gasteiger partial charge in [-0.1, -0.05) is 0 Å². The highest BCUT2D eigenvalue weighted by Gasteiger charge is 2.18. The fourth-order valence-corrected chi connectivity index (χ4v) is 0.992. The van der Waals surface area contributed by atoms with E-state index in [0.29, 0.717) is 5.75 Å². The molecular weight excluding hydrogens is 140 g/mol. The second-order valence-electron chi connectivity index (χ2n) is 2.75. The minimum absolute atomic E-state index is 0.305. The van der Waals surface area contributed by atoms with Crippen LogP contribution in [0, 0.1) is 0 Å². The van der Waals surface area contributed by atoms with Crippen LogP contribution in [0.3, 0.4) is 0 Å². The number of aromatic nitrogens is 1. The van der Waals surface area contributed by atoms with E-state index in [4.69, 9.17) is 0 Å². The molecule has 2 heterocycles. The zero-order chi connectivity index (χ0) is 7.68. The Kier molecular flexibility index (Phi) is 1.51. The van der Waals surface area contributed by atoms with Crippen LogP contribution in [0.1, 0.15) is 5.69 Å². The van der Waals surface area contributed by atoms with Gasteiger partial charge in [0.1, 0.15) is 5.75 Å². The quantitative estimate of drug-likeness (QED) is 0.627. The zero-order valence-corrected chi connectivity index (χ0v) is 6.20. The van der Waals surface area contributed by atoms with Crippen molar-refractivity contribution < 1.29 is 5.11 Å². The van der Waals surface area contributed by atoms with Crippen molar-refractivity contribution in [2.45, 2.75) is 6.54 Å². The van der Waals surface area contributed by atoms with Crippen molar-refractivity contribution in [2.75, 3.05) is 13.1 Å². The van der Waals surface area contributed by atoms with Crippen LogP contribution in [-0.2, 0) is 6.54 Å². The van der Waals surface area contributed by atoms with Gasteiger partial charge >= 0.3 is 0 Å². The Hall–Kier alpha value is -1.09. The summed E-state index contributed by atoms with van der Waals surface area (Å²) >= 11 is 0. The van der Waals surface area contributed by atoms with Crippen molar-refractivity contribution >= 4 is 0 Å². The Labute approximate surface area is 65.3 Å². The van der Waals surface area contributed by atoms with E-state index in [1.165, 1.54) is 0 Å². The van der Waals surface area contributed by atoms with E-state index in [1.807, 2.05) is 0 Å². The molecule has 3 nitrogen and oxygen atoms in total. The summed E-state index contributed by atoms with van der Waals surface area (Å²) < 4.78 is 0. The average molecular weight is 150 g/mol. The first-order valence-electron chi connectivity index (χ1n) is 3.71. The number of hydrogen-bond donors (Lipinski definition) is 1. The van der Waals surface area contributed by atoms with Gasteiger partial charge in [-0.3, -0.25) is 9.88 Å². The van der Waals surface area contributed by atoms with Crippen LogP contribution < -0.4 is 0 Å². The fraction of sp³-hybridized carbons (Fsp3) is 0.375. The van der Waals surface area contributed by atoms with E-state index in [1.54, 1.807) is 18.3 Å². The molecule has 1 fully saturated rings. The summed E-state index contributed by atoms with van der Waals surface area (Å²) in [6.07, 6.45) is 1.71. The van der Waals surface area contributed by atoms with Crippen molar-refractivity contribution in [1.82, 2.24) is 9.88 Å². The van der Waals surface area contributed by atoms with Gasteiger partial charge in [-0.15, -0.1) is 0 Å². The van der Waals surface area contributed by atoms with Crippen molar-refractivity contribution in [3.8, 4) is 5.75 Å². The van der Waals surface area contributed by atoms with E-state index < -0.39 is 0 Å². The Morgan fingerprint density at radius 1 is 1.55 bits per heavy atom. The summed E-state index contributed by atoms with van der Waals surface area (Å²) in [5, 5.41) is 9.30. The van der Waals surface area contributed by atoms with Crippen LogP contribution in [0.15, 0.2) is 18.3 Å². The number of nitrogens with zero attached hydrogens (tertiary/aromatic N) is 2. The lowest BCUT2D eigenvalue weighted by Crippen LogP contribution is -1.99. The number of hydrogen-bond acceptors (Lipinski definition) is 3. The molecule has 0 spiro atoms. The van der Waals surface area contributed by atoms with Crippen LogP contribution >= 0.6 is 0 Å². The Balaban J connectivity index is 2.15. The molecule has 1 aromatic rings. The number of rotatable bonds is 2. The first-order chi connectivity index (χ1) is 5.36. The maximum absolute atomic E-state index is 9.30. The van der Waals surface area contributed by atoms with E-state index in [-0.39, 0.29) is 0 Å². The van der Waals surface area contributed by atoms with Gasteiger partial charge in [-0.25, -0.2) is 0 Å². The molecule has 0 aliphatic carbocycles. The molecule has 11 heavy (non-hydrogen) atoms. The molecule has 1 aliphatic heterocycles. The lowest BCUT2D eigenvalue weighted by molar-refractivity contribution is 0.446. The SMILES string of the molecule is Oc1cccnc1CN1CC1. The highest BCUT2D eigenvalue weighted by molar-refractivity contribution is 5.25. The van der Waals surface area contributed by atoms with Gasteiger partial charge in [0.25, 0.3) is 0 Å². The molecule has 0 bridgehead atoms. The Morgan fingerprint density at radius 3 is 3.00 bits per heavy atom. The van der Waals surface area contributed by atoms with Gasteiger partial charge in [0, 0.05) is 25.8 Å². The molecule has 0 atom stereocenters. The normalized spacial score (nSPS) is 16.7. The monoisotopic (exact) mass is 150 g/mol. The number of pyridine rings is 1. The van der Waals surface area contributed by atoms with E-state index in [2.05, 4.69) is 9.88 Å². The highest BCUT2D eigenvalue weighted by atomic mass is 16.3. The third-order valence-corrected chi connectivity index (χ3v) is 1.78. The topological polar surface area (TPSA) is 36.1 Å². The lowest BCUT2D eigenvalue weighted by Gasteiger charge is -2.01. The van der Waals surface area contributed by atoms with Gasteiger partial charge in [-0.05, 0) is 12.1 Å². The smallest absolute Gasteiger partial charge is 0.138 e. The van der Waals surface area contributed by atoms with E-state index in [0.717, 1.165) is 25.3 Å². The third-order valence-electron chi connectivity index (χ3n) is 1.78. The molecule has 0 unspecified atom stereocenters. The van der Waals surface area contributed by atoms with Gasteiger partial charge < -0.3 is 5.11 Å². The van der Waals surface area contributed by atoms with Gasteiger partial charge in [-0.2, -0.15) is 0 Å². The average Bonchev–Trinajstić information content (AvgIpc) is 2.78. The predicted molar refractivity (Wildman–Crippen MR) is 41.2 cm³/mol. The summed E-state index contributed by atoms with van der Waals surface area (Å²) in [6, 6.07) is 3.41. The van der Waals surface area contributed by atoms with Crippen LogP contribution in [-0.4, -0.2) is 28.1 Å². The second kappa shape index (κ2) is 2.51. The Bertz CT molecular complexity index is 258. The summed E-state index contributed by atoms with van der Waals surface area (Å²) in [5.41, 5.74) is 0.782. The van der Waals surface area contributed by atoms with Crippen LogP contribution in [0.2, 0.25) is 0 Å². The molecule has 0 saturated carbocycles. The largest absolute Gasteiger partial charge is 0.506 e. The number of aromatic hydroxyl groups is 1. The van der Waals surface area contributed by atoms with Crippen LogP contribution in [0.4, 0.5) is 0 Å². The van der Waals surface area contributed by atoms with Crippen molar-refractivity contribution in [2.24, 2.45) is 0 Å². The second-order valence-corrected chi connectivity index (χ2v) is 2.75. The summed E-state index contributed by atoms with van der Waals surface area (Å²) in [6.45, 7) is 3.05. The van der Waals surface area contributed by atoms with Gasteiger partial charge in [0.2, 0.25) is 0 Å². The molecular formula is C8H10N2O. The molecule has 58 valence electrons. The third kappa shape index (κ3) is 1.49. The summed E-state index contributed by atoms with van der Waals surface area (Å²) in [4.78, 5) is 6.28. The first kappa shape index (κ1) is 6.61. The molecule has 0 aromatic carbocycles. The van der Waals surface area contributed by atoms with Crippen molar-refractivity contribution in [3.05, 3.63) is 24.0 Å². The minimum Gasteiger partial charge on any atom is -0.506 e. The van der Waals surface area contributed by atoms with Crippen molar-refractivity contribution in [1.29, 1.82) is 0 Å². The van der Waals surface area contributed by atoms with E-state index in [9.17, 15) is 5.11 Å². The molecule has 1 aliphatic rings. The van der Waals surface area contributed by atoms with Crippen LogP contribution in [0.5, 0.6) is 5.75 Å². The first-order valence-corrected chi connectivity index (χ1v) is 3.71. The maximum atomic E-state index is 9.30. The molecule has 1 aromatic heterocycles. The zero-order valence-electron chi connectivity index (χ0n) is 6.20. The van der Waals surface area contributed by atoms with Gasteiger partial charge in [0.15, 0.2) is 0 Å². The van der Waals surface area contributed by atoms with E-state index >= 15 is 0 Å². The maximum Gasteiger partial charge on any atom is 0.138 e. The lowest BCUT2D eigenvalue weighted by atomic mass is 10.3. The summed E-state index contributed by atoms with van der Waals surface area (Å²) in [5.74, 6) is 0.305. The molecule has 1 saturated heterocycles.